The van der Waals surface area contributed by atoms with Crippen molar-refractivity contribution in [2.45, 2.75) is 26.8 Å². The lowest BCUT2D eigenvalue weighted by molar-refractivity contribution is -0.123. The van der Waals surface area contributed by atoms with Crippen LogP contribution < -0.4 is 20.2 Å². The van der Waals surface area contributed by atoms with Crippen molar-refractivity contribution in [2.75, 3.05) is 13.2 Å². The second-order valence-corrected chi connectivity index (χ2v) is 8.54. The lowest BCUT2D eigenvalue weighted by Gasteiger charge is -2.20. The maximum atomic E-state index is 12.7. The first kappa shape index (κ1) is 27.3. The number of amides is 2. The average Bonchev–Trinajstić information content (AvgIpc) is 2.78. The predicted molar refractivity (Wildman–Crippen MR) is 135 cm³/mol. The summed E-state index contributed by atoms with van der Waals surface area (Å²) in [6, 6.07) is 6.87. The highest BCUT2D eigenvalue weighted by Gasteiger charge is 2.25. The number of nitrogens with one attached hydrogen (secondary N) is 2. The van der Waals surface area contributed by atoms with E-state index in [0.29, 0.717) is 28.7 Å². The average molecular weight is 525 g/mol. The lowest BCUT2D eigenvalue weighted by atomic mass is 10.0. The molecule has 1 atom stereocenters. The third kappa shape index (κ3) is 7.56. The van der Waals surface area contributed by atoms with Gasteiger partial charge < -0.3 is 14.8 Å². The molecule has 0 heterocycles. The van der Waals surface area contributed by atoms with E-state index in [1.165, 1.54) is 24.4 Å². The zero-order chi connectivity index (χ0) is 25.3. The van der Waals surface area contributed by atoms with Crippen LogP contribution in [-0.2, 0) is 4.79 Å². The van der Waals surface area contributed by atoms with Crippen molar-refractivity contribution in [3.63, 3.8) is 0 Å². The molecule has 34 heavy (non-hydrogen) atoms. The number of hydrogen-bond acceptors (Lipinski definition) is 5. The molecule has 0 aliphatic heterocycles. The minimum Gasteiger partial charge on any atom is -0.490 e. The first-order chi connectivity index (χ1) is 16.2. The van der Waals surface area contributed by atoms with Gasteiger partial charge in [0.25, 0.3) is 11.8 Å². The Kier molecular flexibility index (Phi) is 10.5. The van der Waals surface area contributed by atoms with Gasteiger partial charge in [0.15, 0.2) is 11.5 Å². The predicted octanol–water partition coefficient (Wildman–Crippen LogP) is 4.96. The number of ether oxygens (including phenoxy) is 2. The van der Waals surface area contributed by atoms with Crippen LogP contribution in [-0.4, -0.2) is 37.3 Å². The first-order valence-corrected chi connectivity index (χ1v) is 11.4. The lowest BCUT2D eigenvalue weighted by Crippen LogP contribution is -2.48. The Morgan fingerprint density at radius 1 is 1.12 bits per heavy atom. The van der Waals surface area contributed by atoms with Crippen LogP contribution in [0.2, 0.25) is 15.1 Å². The molecule has 0 spiro atoms. The second-order valence-electron chi connectivity index (χ2n) is 7.31. The van der Waals surface area contributed by atoms with Gasteiger partial charge in [-0.2, -0.15) is 5.10 Å². The number of benzene rings is 2. The van der Waals surface area contributed by atoms with Gasteiger partial charge in [-0.15, -0.1) is 6.42 Å². The van der Waals surface area contributed by atoms with Gasteiger partial charge in [-0.3, -0.25) is 9.59 Å². The number of hydrogen-bond donors (Lipinski definition) is 2. The van der Waals surface area contributed by atoms with Crippen LogP contribution in [0.5, 0.6) is 11.5 Å². The Labute approximate surface area is 213 Å². The van der Waals surface area contributed by atoms with Crippen LogP contribution in [0.15, 0.2) is 35.4 Å². The summed E-state index contributed by atoms with van der Waals surface area (Å²) in [7, 11) is 0. The molecule has 2 amide bonds. The molecule has 2 aromatic rings. The largest absolute Gasteiger partial charge is 0.490 e. The van der Waals surface area contributed by atoms with Gasteiger partial charge in [0.2, 0.25) is 0 Å². The second kappa shape index (κ2) is 13.1. The van der Waals surface area contributed by atoms with Crippen molar-refractivity contribution in [3.8, 4) is 23.8 Å². The number of carbonyl (C=O) groups is 2. The summed E-state index contributed by atoms with van der Waals surface area (Å²) in [5.41, 5.74) is 3.27. The minimum atomic E-state index is -0.846. The van der Waals surface area contributed by atoms with E-state index in [2.05, 4.69) is 21.8 Å². The molecule has 2 aromatic carbocycles. The SMILES string of the molecule is C#CCOc1c(Cl)cc(C=NNC(=O)C(NC(=O)c2ccc(Cl)c(Cl)c2)C(C)C)cc1OCC. The normalized spacial score (nSPS) is 11.7. The summed E-state index contributed by atoms with van der Waals surface area (Å²) in [6.45, 7) is 5.83. The summed E-state index contributed by atoms with van der Waals surface area (Å²) < 4.78 is 11.0. The maximum absolute atomic E-state index is 12.7. The van der Waals surface area contributed by atoms with Crippen molar-refractivity contribution in [2.24, 2.45) is 11.0 Å². The molecule has 0 radical (unpaired) electrons. The Balaban J connectivity index is 2.12. The molecule has 0 saturated heterocycles. The molecule has 2 rings (SSSR count). The molecule has 180 valence electrons. The number of terminal acetylenes is 1. The number of rotatable bonds is 10. The van der Waals surface area contributed by atoms with Crippen LogP contribution in [0.25, 0.3) is 0 Å². The Morgan fingerprint density at radius 3 is 2.47 bits per heavy atom. The van der Waals surface area contributed by atoms with Gasteiger partial charge >= 0.3 is 0 Å². The van der Waals surface area contributed by atoms with E-state index in [9.17, 15) is 9.59 Å². The Morgan fingerprint density at radius 2 is 1.85 bits per heavy atom. The molecule has 0 bridgehead atoms. The fraction of sp³-hybridized carbons (Fsp3) is 0.292. The third-order valence-corrected chi connectivity index (χ3v) is 5.46. The van der Waals surface area contributed by atoms with E-state index >= 15 is 0 Å². The quantitative estimate of drug-likeness (QED) is 0.261. The molecular weight excluding hydrogens is 501 g/mol. The summed E-state index contributed by atoms with van der Waals surface area (Å²) in [4.78, 5) is 25.3. The molecule has 0 saturated carbocycles. The highest BCUT2D eigenvalue weighted by atomic mass is 35.5. The van der Waals surface area contributed by atoms with Crippen molar-refractivity contribution >= 4 is 52.8 Å². The van der Waals surface area contributed by atoms with Crippen LogP contribution in [0.1, 0.15) is 36.7 Å². The van der Waals surface area contributed by atoms with Crippen molar-refractivity contribution in [1.29, 1.82) is 0 Å². The van der Waals surface area contributed by atoms with Gasteiger partial charge in [-0.25, -0.2) is 5.43 Å². The topological polar surface area (TPSA) is 89.0 Å². The fourth-order valence-corrected chi connectivity index (χ4v) is 3.39. The van der Waals surface area contributed by atoms with Crippen LogP contribution in [0.4, 0.5) is 0 Å². The fourth-order valence-electron chi connectivity index (χ4n) is 2.82. The van der Waals surface area contributed by atoms with Crippen molar-refractivity contribution < 1.29 is 19.1 Å². The van der Waals surface area contributed by atoms with Gasteiger partial charge in [0.05, 0.1) is 27.9 Å². The standard InChI is InChI=1S/C24H24Cl3N3O4/c1-5-9-34-22-19(27)10-15(11-20(22)33-6-2)13-28-30-24(32)21(14(3)4)29-23(31)16-7-8-17(25)18(26)12-16/h1,7-8,10-14,21H,6,9H2,2-4H3,(H,29,31)(H,30,32). The van der Waals surface area contributed by atoms with Gasteiger partial charge in [-0.1, -0.05) is 54.6 Å². The summed E-state index contributed by atoms with van der Waals surface area (Å²) >= 11 is 18.2. The smallest absolute Gasteiger partial charge is 0.262 e. The van der Waals surface area contributed by atoms with Crippen molar-refractivity contribution in [1.82, 2.24) is 10.7 Å². The molecule has 0 aliphatic rings. The van der Waals surface area contributed by atoms with E-state index in [1.807, 2.05) is 6.92 Å². The highest BCUT2D eigenvalue weighted by molar-refractivity contribution is 6.42. The van der Waals surface area contributed by atoms with E-state index in [-0.39, 0.29) is 28.1 Å². The molecular formula is C24H24Cl3N3O4. The van der Waals surface area contributed by atoms with Gasteiger partial charge in [0, 0.05) is 5.56 Å². The van der Waals surface area contributed by atoms with E-state index in [4.69, 9.17) is 50.7 Å². The maximum Gasteiger partial charge on any atom is 0.262 e. The molecule has 0 aromatic heterocycles. The molecule has 2 N–H and O–H groups in total. The van der Waals surface area contributed by atoms with E-state index < -0.39 is 17.9 Å². The van der Waals surface area contributed by atoms with Gasteiger partial charge in [0.1, 0.15) is 12.6 Å². The number of carbonyl (C=O) groups excluding carboxylic acids is 2. The Hall–Kier alpha value is -2.92. The van der Waals surface area contributed by atoms with Gasteiger partial charge in [-0.05, 0) is 48.7 Å². The molecule has 1 unspecified atom stereocenters. The summed E-state index contributed by atoms with van der Waals surface area (Å²) in [5.74, 6) is 1.92. The van der Waals surface area contributed by atoms with Crippen molar-refractivity contribution in [3.05, 3.63) is 56.5 Å². The zero-order valence-electron chi connectivity index (χ0n) is 18.8. The third-order valence-electron chi connectivity index (χ3n) is 4.44. The monoisotopic (exact) mass is 523 g/mol. The summed E-state index contributed by atoms with van der Waals surface area (Å²) in [6.07, 6.45) is 6.64. The highest BCUT2D eigenvalue weighted by Crippen LogP contribution is 2.36. The van der Waals surface area contributed by atoms with Crippen LogP contribution in [0, 0.1) is 18.3 Å². The zero-order valence-corrected chi connectivity index (χ0v) is 21.1. The summed E-state index contributed by atoms with van der Waals surface area (Å²) in [5, 5.41) is 7.52. The first-order valence-electron chi connectivity index (χ1n) is 10.3. The molecule has 0 aliphatic carbocycles. The number of halogens is 3. The molecule has 7 nitrogen and oxygen atoms in total. The Bertz CT molecular complexity index is 1110. The molecule has 0 fully saturated rings. The van der Waals surface area contributed by atoms with E-state index in [1.54, 1.807) is 26.0 Å². The van der Waals surface area contributed by atoms with Crippen LogP contribution >= 0.6 is 34.8 Å². The molecule has 10 heteroatoms. The number of nitrogens with zero attached hydrogens (tertiary/aromatic N) is 1. The minimum absolute atomic E-state index is 0.0355. The van der Waals surface area contributed by atoms with Crippen LogP contribution in [0.3, 0.4) is 0 Å². The number of hydrazone groups is 1. The van der Waals surface area contributed by atoms with E-state index in [0.717, 1.165) is 0 Å².